The van der Waals surface area contributed by atoms with Gasteiger partial charge in [-0.3, -0.25) is 4.55 Å². The molecule has 6 heteroatoms. The summed E-state index contributed by atoms with van der Waals surface area (Å²) in [6.07, 6.45) is 22.9. The Balaban J connectivity index is 0. The van der Waals surface area contributed by atoms with Crippen LogP contribution in [0.2, 0.25) is 0 Å². The topological polar surface area (TPSA) is 57.6 Å². The van der Waals surface area contributed by atoms with Crippen molar-refractivity contribution in [1.29, 1.82) is 0 Å². The van der Waals surface area contributed by atoms with Crippen molar-refractivity contribution in [2.45, 2.75) is 96.8 Å². The molecule has 0 amide bonds. The van der Waals surface area contributed by atoms with Crippen LogP contribution in [0.25, 0.3) is 0 Å². The van der Waals surface area contributed by atoms with Gasteiger partial charge in [0.15, 0.2) is 0 Å². The first-order chi connectivity index (χ1) is 12.5. The molecule has 0 aromatic heterocycles. The van der Waals surface area contributed by atoms with E-state index in [9.17, 15) is 8.42 Å². The Morgan fingerprint density at radius 2 is 1.19 bits per heavy atom. The number of unbranched alkanes of at least 4 members (excludes halogenated alkanes) is 12. The molecule has 27 heavy (non-hydrogen) atoms. The van der Waals surface area contributed by atoms with E-state index >= 15 is 0 Å². The van der Waals surface area contributed by atoms with Crippen LogP contribution in [0.15, 0.2) is 12.2 Å². The van der Waals surface area contributed by atoms with Gasteiger partial charge in [-0.05, 0) is 45.7 Å². The van der Waals surface area contributed by atoms with Gasteiger partial charge < -0.3 is 4.90 Å². The van der Waals surface area contributed by atoms with E-state index in [2.05, 4.69) is 19.1 Å². The molecule has 0 aliphatic rings. The van der Waals surface area contributed by atoms with Gasteiger partial charge in [0, 0.05) is 36.1 Å². The first-order valence-electron chi connectivity index (χ1n) is 10.7. The molecule has 0 bridgehead atoms. The summed E-state index contributed by atoms with van der Waals surface area (Å²) in [5, 5.41) is 0. The van der Waals surface area contributed by atoms with E-state index in [1.807, 2.05) is 11.9 Å². The summed E-state index contributed by atoms with van der Waals surface area (Å²) in [6, 6.07) is 0. The summed E-state index contributed by atoms with van der Waals surface area (Å²) >= 11 is 0. The number of hydrogen-bond acceptors (Lipinski definition) is 3. The predicted octanol–water partition coefficient (Wildman–Crippen LogP) is 5.46. The van der Waals surface area contributed by atoms with Crippen LogP contribution in [0.4, 0.5) is 0 Å². The fraction of sp³-hybridized carbons (Fsp3) is 0.905. The van der Waals surface area contributed by atoms with E-state index in [0.717, 1.165) is 13.0 Å². The third-order valence-corrected chi connectivity index (χ3v) is 5.48. The van der Waals surface area contributed by atoms with E-state index in [1.165, 1.54) is 83.5 Å². The summed E-state index contributed by atoms with van der Waals surface area (Å²) < 4.78 is 30.1. The molecule has 0 aliphatic carbocycles. The Kier molecular flexibility index (Phi) is 23.5. The zero-order valence-electron chi connectivity index (χ0n) is 18.3. The monoisotopic (exact) mass is 412 g/mol. The van der Waals surface area contributed by atoms with Gasteiger partial charge in [-0.1, -0.05) is 76.9 Å². The maximum absolute atomic E-state index is 10.7. The van der Waals surface area contributed by atoms with Crippen molar-refractivity contribution >= 4 is 39.7 Å². The molecular weight excluding hydrogens is 369 g/mol. The second-order valence-corrected chi connectivity index (χ2v) is 9.10. The van der Waals surface area contributed by atoms with E-state index in [-0.39, 0.29) is 35.3 Å². The molecule has 0 saturated carbocycles. The molecular formula is C21H43NNaO3S. The van der Waals surface area contributed by atoms with E-state index in [4.69, 9.17) is 4.55 Å². The minimum Gasteiger partial charge on any atom is -0.305 e. The number of allylic oxidation sites excluding steroid dienone is 2. The Hall–Kier alpha value is 0.610. The van der Waals surface area contributed by atoms with Crippen molar-refractivity contribution in [1.82, 2.24) is 4.90 Å². The fourth-order valence-corrected chi connectivity index (χ4v) is 3.55. The summed E-state index contributed by atoms with van der Waals surface area (Å²) in [7, 11) is -1.92. The molecule has 0 aromatic rings. The smallest absolute Gasteiger partial charge is 0.266 e. The van der Waals surface area contributed by atoms with Gasteiger partial charge in [-0.2, -0.15) is 8.42 Å². The van der Waals surface area contributed by atoms with Crippen molar-refractivity contribution in [2.75, 3.05) is 25.9 Å². The zero-order valence-corrected chi connectivity index (χ0v) is 21.1. The Labute approximate surface area is 191 Å². The molecule has 0 atom stereocenters. The fourth-order valence-electron chi connectivity index (χ4n) is 3.01. The van der Waals surface area contributed by atoms with Gasteiger partial charge in [0.1, 0.15) is 0 Å². The second kappa shape index (κ2) is 21.3. The van der Waals surface area contributed by atoms with Gasteiger partial charge in [-0.25, -0.2) is 0 Å². The van der Waals surface area contributed by atoms with Crippen molar-refractivity contribution in [3.8, 4) is 0 Å². The summed E-state index contributed by atoms with van der Waals surface area (Å²) in [5.41, 5.74) is 0. The normalized spacial score (nSPS) is 12.0. The van der Waals surface area contributed by atoms with Crippen LogP contribution >= 0.6 is 0 Å². The molecule has 4 nitrogen and oxygen atoms in total. The van der Waals surface area contributed by atoms with Crippen molar-refractivity contribution in [2.24, 2.45) is 0 Å². The summed E-state index contributed by atoms with van der Waals surface area (Å²) in [4.78, 5) is 1.97. The van der Waals surface area contributed by atoms with Crippen LogP contribution in [0.1, 0.15) is 96.8 Å². The standard InChI is InChI=1S/C21H43NO3S.Na/c1-3-4-5-6-7-8-9-10-11-12-13-14-15-16-17-18-19-22(2)20-21-26(23,24)25;/h10-11H,3-9,12-21H2,1-2H3,(H,23,24,25);/b11-10-;. The number of hydrogen-bond donors (Lipinski definition) is 1. The average Bonchev–Trinajstić information content (AvgIpc) is 2.59. The minimum absolute atomic E-state index is 0. The van der Waals surface area contributed by atoms with Gasteiger partial charge >= 0.3 is 0 Å². The average molecular weight is 413 g/mol. The van der Waals surface area contributed by atoms with Crippen molar-refractivity contribution in [3.05, 3.63) is 12.2 Å². The molecule has 0 unspecified atom stereocenters. The molecule has 0 aliphatic heterocycles. The predicted molar refractivity (Wildman–Crippen MR) is 119 cm³/mol. The summed E-state index contributed by atoms with van der Waals surface area (Å²) in [5.74, 6) is -0.171. The van der Waals surface area contributed by atoms with Crippen LogP contribution in [-0.4, -0.2) is 73.3 Å². The van der Waals surface area contributed by atoms with Crippen LogP contribution in [0, 0.1) is 0 Å². The first-order valence-corrected chi connectivity index (χ1v) is 12.4. The quantitative estimate of drug-likeness (QED) is 0.132. The Bertz CT molecular complexity index is 427. The molecule has 1 radical (unpaired) electrons. The minimum atomic E-state index is -3.83. The van der Waals surface area contributed by atoms with Gasteiger partial charge in [-0.15, -0.1) is 0 Å². The van der Waals surface area contributed by atoms with Crippen molar-refractivity contribution < 1.29 is 13.0 Å². The summed E-state index contributed by atoms with van der Waals surface area (Å²) in [6.45, 7) is 3.57. The van der Waals surface area contributed by atoms with E-state index in [0.29, 0.717) is 6.54 Å². The van der Waals surface area contributed by atoms with Crippen LogP contribution in [0.5, 0.6) is 0 Å². The third kappa shape index (κ3) is 26.6. The number of nitrogens with zero attached hydrogens (tertiary/aromatic N) is 1. The maximum Gasteiger partial charge on any atom is 0.266 e. The second-order valence-electron chi connectivity index (χ2n) is 7.53. The van der Waals surface area contributed by atoms with Gasteiger partial charge in [0.2, 0.25) is 0 Å². The van der Waals surface area contributed by atoms with E-state index < -0.39 is 10.1 Å². The molecule has 0 fully saturated rings. The SMILES string of the molecule is CCCCCCCC/C=C\CCCCCCCCN(C)CCS(=O)(=O)O.[Na]. The van der Waals surface area contributed by atoms with Gasteiger partial charge in [0.25, 0.3) is 10.1 Å². The van der Waals surface area contributed by atoms with Gasteiger partial charge in [0.05, 0.1) is 5.75 Å². The number of rotatable bonds is 19. The van der Waals surface area contributed by atoms with E-state index in [1.54, 1.807) is 0 Å². The van der Waals surface area contributed by atoms with Crippen molar-refractivity contribution in [3.63, 3.8) is 0 Å². The van der Waals surface area contributed by atoms with Crippen LogP contribution in [0.3, 0.4) is 0 Å². The molecule has 0 saturated heterocycles. The third-order valence-electron chi connectivity index (χ3n) is 4.78. The molecule has 0 rings (SSSR count). The first kappa shape index (κ1) is 29.8. The molecule has 0 aromatic carbocycles. The zero-order chi connectivity index (χ0) is 19.5. The Morgan fingerprint density at radius 3 is 1.67 bits per heavy atom. The molecule has 0 spiro atoms. The molecule has 157 valence electrons. The molecule has 0 heterocycles. The Morgan fingerprint density at radius 1 is 0.741 bits per heavy atom. The van der Waals surface area contributed by atoms with Crippen LogP contribution in [-0.2, 0) is 10.1 Å². The largest absolute Gasteiger partial charge is 0.305 e. The maximum atomic E-state index is 10.7. The molecule has 1 N–H and O–H groups in total. The van der Waals surface area contributed by atoms with Crippen LogP contribution < -0.4 is 0 Å².